The van der Waals surface area contributed by atoms with Gasteiger partial charge in [-0.25, -0.2) is 0 Å². The maximum absolute atomic E-state index is 11.2. The van der Waals surface area contributed by atoms with E-state index in [-0.39, 0.29) is 25.1 Å². The van der Waals surface area contributed by atoms with Gasteiger partial charge >= 0.3 is 5.97 Å². The van der Waals surface area contributed by atoms with Crippen molar-refractivity contribution in [2.45, 2.75) is 26.9 Å². The van der Waals surface area contributed by atoms with Gasteiger partial charge in [-0.2, -0.15) is 0 Å². The van der Waals surface area contributed by atoms with Gasteiger partial charge in [-0.05, 0) is 18.6 Å². The lowest BCUT2D eigenvalue weighted by Crippen LogP contribution is -2.24. The highest BCUT2D eigenvalue weighted by atomic mass is 16.5. The van der Waals surface area contributed by atoms with Gasteiger partial charge in [-0.15, -0.1) is 6.58 Å². The van der Waals surface area contributed by atoms with Crippen LogP contribution in [0.3, 0.4) is 0 Å². The van der Waals surface area contributed by atoms with Crippen LogP contribution in [0.25, 0.3) is 0 Å². The molecule has 0 radical (unpaired) electrons. The first-order chi connectivity index (χ1) is 6.15. The summed E-state index contributed by atoms with van der Waals surface area (Å²) >= 11 is 0. The van der Waals surface area contributed by atoms with Gasteiger partial charge in [0.2, 0.25) is 0 Å². The van der Waals surface area contributed by atoms with Crippen molar-refractivity contribution >= 4 is 11.8 Å². The predicted molar refractivity (Wildman–Crippen MR) is 54.7 cm³/mol. The zero-order chi connectivity index (χ0) is 9.84. The van der Waals surface area contributed by atoms with Crippen LogP contribution in [0.5, 0.6) is 0 Å². The Kier molecular flexibility index (Phi) is 4.84. The van der Waals surface area contributed by atoms with Crippen molar-refractivity contribution in [3.05, 3.63) is 24.8 Å². The molecule has 14 heavy (non-hydrogen) atoms. The lowest BCUT2D eigenvalue weighted by atomic mass is 10.00. The van der Waals surface area contributed by atoms with Crippen LogP contribution in [-0.2, 0) is 14.3 Å². The van der Waals surface area contributed by atoms with E-state index in [1.165, 1.54) is 13.0 Å². The third-order valence-electron chi connectivity index (χ3n) is 1.93. The first-order valence-corrected chi connectivity index (χ1v) is 4.15. The average molecular weight is 196 g/mol. The minimum Gasteiger partial charge on any atom is -0.458 e. The van der Waals surface area contributed by atoms with E-state index < -0.39 is 6.10 Å². The first kappa shape index (κ1) is 12.6. The van der Waals surface area contributed by atoms with Crippen LogP contribution in [0.2, 0.25) is 0 Å². The zero-order valence-electron chi connectivity index (χ0n) is 7.53. The van der Waals surface area contributed by atoms with Crippen molar-refractivity contribution in [2.75, 3.05) is 0 Å². The van der Waals surface area contributed by atoms with Crippen molar-refractivity contribution in [1.82, 2.24) is 0 Å². The van der Waals surface area contributed by atoms with Crippen LogP contribution >= 0.6 is 0 Å². The van der Waals surface area contributed by atoms with Gasteiger partial charge < -0.3 is 4.74 Å². The van der Waals surface area contributed by atoms with E-state index in [1.807, 2.05) is 0 Å². The van der Waals surface area contributed by atoms with Crippen LogP contribution in [-0.4, -0.2) is 17.9 Å². The molecule has 0 fully saturated rings. The molecule has 0 N–H and O–H groups in total. The van der Waals surface area contributed by atoms with Crippen molar-refractivity contribution in [3.8, 4) is 0 Å². The number of hydrogen-bond donors (Lipinski definition) is 0. The van der Waals surface area contributed by atoms with Gasteiger partial charge in [0.15, 0.2) is 5.78 Å². The molecule has 2 unspecified atom stereocenters. The second-order valence-corrected chi connectivity index (χ2v) is 2.97. The van der Waals surface area contributed by atoms with Gasteiger partial charge in [-0.1, -0.05) is 13.5 Å². The molecule has 0 saturated carbocycles. The van der Waals surface area contributed by atoms with Crippen molar-refractivity contribution in [1.29, 1.82) is 0 Å². The van der Waals surface area contributed by atoms with E-state index in [0.717, 1.165) is 0 Å². The Morgan fingerprint density at radius 2 is 2.36 bits per heavy atom. The number of rotatable bonds is 3. The van der Waals surface area contributed by atoms with E-state index in [4.69, 9.17) is 4.74 Å². The van der Waals surface area contributed by atoms with Crippen LogP contribution in [0.4, 0.5) is 0 Å². The monoisotopic (exact) mass is 196 g/mol. The highest BCUT2D eigenvalue weighted by Gasteiger charge is 2.30. The molecule has 0 aromatic heterocycles. The van der Waals surface area contributed by atoms with E-state index in [1.54, 1.807) is 12.2 Å². The molecule has 3 heteroatoms. The lowest BCUT2D eigenvalue weighted by molar-refractivity contribution is -0.146. The summed E-state index contributed by atoms with van der Waals surface area (Å²) in [5.74, 6) is -0.619. The SMILES string of the molecule is C.C=CCC1C(=O)C=CC1OC(C)=O. The van der Waals surface area contributed by atoms with Crippen LogP contribution < -0.4 is 0 Å². The summed E-state index contributed by atoms with van der Waals surface area (Å²) in [6, 6.07) is 0. The minimum absolute atomic E-state index is 0. The van der Waals surface area contributed by atoms with Gasteiger partial charge in [0.25, 0.3) is 0 Å². The Morgan fingerprint density at radius 3 is 2.86 bits per heavy atom. The Hall–Kier alpha value is -1.38. The third kappa shape index (κ3) is 2.83. The van der Waals surface area contributed by atoms with Gasteiger partial charge in [0.1, 0.15) is 6.10 Å². The number of ketones is 1. The molecule has 0 saturated heterocycles. The number of carbonyl (C=O) groups excluding carboxylic acids is 2. The topological polar surface area (TPSA) is 43.4 Å². The fourth-order valence-corrected chi connectivity index (χ4v) is 1.35. The summed E-state index contributed by atoms with van der Waals surface area (Å²) in [5, 5.41) is 0. The highest BCUT2D eigenvalue weighted by Crippen LogP contribution is 2.22. The van der Waals surface area contributed by atoms with E-state index >= 15 is 0 Å². The molecule has 2 atom stereocenters. The summed E-state index contributed by atoms with van der Waals surface area (Å²) in [5.41, 5.74) is 0. The Morgan fingerprint density at radius 1 is 1.71 bits per heavy atom. The molecule has 1 aliphatic carbocycles. The van der Waals surface area contributed by atoms with Gasteiger partial charge in [-0.3, -0.25) is 9.59 Å². The lowest BCUT2D eigenvalue weighted by Gasteiger charge is -2.15. The van der Waals surface area contributed by atoms with Crippen molar-refractivity contribution in [2.24, 2.45) is 5.92 Å². The molecule has 1 aliphatic rings. The molecule has 1 rings (SSSR count). The van der Waals surface area contributed by atoms with Gasteiger partial charge in [0.05, 0.1) is 5.92 Å². The molecule has 0 bridgehead atoms. The zero-order valence-corrected chi connectivity index (χ0v) is 7.53. The van der Waals surface area contributed by atoms with E-state index in [9.17, 15) is 9.59 Å². The molecule has 3 nitrogen and oxygen atoms in total. The number of hydrogen-bond acceptors (Lipinski definition) is 3. The maximum Gasteiger partial charge on any atom is 0.303 e. The molecular weight excluding hydrogens is 180 g/mol. The third-order valence-corrected chi connectivity index (χ3v) is 1.93. The minimum atomic E-state index is -0.400. The number of esters is 1. The predicted octanol–water partition coefficient (Wildman–Crippen LogP) is 1.89. The summed E-state index contributed by atoms with van der Waals surface area (Å²) in [6.07, 6.45) is 4.89. The van der Waals surface area contributed by atoms with Crippen molar-refractivity contribution < 1.29 is 14.3 Å². The molecule has 0 aromatic rings. The highest BCUT2D eigenvalue weighted by molar-refractivity contribution is 5.95. The average Bonchev–Trinajstić information content (AvgIpc) is 2.35. The summed E-state index contributed by atoms with van der Waals surface area (Å²) in [6.45, 7) is 4.89. The summed E-state index contributed by atoms with van der Waals surface area (Å²) < 4.78 is 4.95. The first-order valence-electron chi connectivity index (χ1n) is 4.15. The second kappa shape index (κ2) is 5.37. The standard InChI is InChI=1S/C10H12O3.CH4/c1-3-4-8-9(12)5-6-10(8)13-7(2)11;/h3,5-6,8,10H,1,4H2,2H3;1H4. The quantitative estimate of drug-likeness (QED) is 0.511. The Labute approximate surface area is 84.4 Å². The molecule has 0 aliphatic heterocycles. The largest absolute Gasteiger partial charge is 0.458 e. The molecule has 78 valence electrons. The number of allylic oxidation sites excluding steroid dienone is 2. The van der Waals surface area contributed by atoms with Gasteiger partial charge in [0, 0.05) is 6.92 Å². The molecule has 0 aromatic carbocycles. The maximum atomic E-state index is 11.2. The summed E-state index contributed by atoms with van der Waals surface area (Å²) in [4.78, 5) is 21.9. The molecular formula is C11H16O3. The fourth-order valence-electron chi connectivity index (χ4n) is 1.35. The normalized spacial score (nSPS) is 24.2. The van der Waals surface area contributed by atoms with Crippen LogP contribution in [0.15, 0.2) is 24.8 Å². The van der Waals surface area contributed by atoms with E-state index in [0.29, 0.717) is 6.42 Å². The molecule has 0 amide bonds. The number of ether oxygens (including phenoxy) is 1. The second-order valence-electron chi connectivity index (χ2n) is 2.97. The smallest absolute Gasteiger partial charge is 0.303 e. The fraction of sp³-hybridized carbons (Fsp3) is 0.455. The van der Waals surface area contributed by atoms with Crippen molar-refractivity contribution in [3.63, 3.8) is 0 Å². The summed E-state index contributed by atoms with van der Waals surface area (Å²) in [7, 11) is 0. The van der Waals surface area contributed by atoms with Crippen LogP contribution in [0.1, 0.15) is 20.8 Å². The Bertz CT molecular complexity index is 266. The molecule has 0 spiro atoms. The molecule has 0 heterocycles. The number of carbonyl (C=O) groups is 2. The van der Waals surface area contributed by atoms with E-state index in [2.05, 4.69) is 6.58 Å². The Balaban J connectivity index is 0.00000169. The van der Waals surface area contributed by atoms with Crippen LogP contribution in [0, 0.1) is 5.92 Å².